The van der Waals surface area contributed by atoms with Gasteiger partial charge in [0.05, 0.1) is 26.3 Å². The Morgan fingerprint density at radius 1 is 1.00 bits per heavy atom. The van der Waals surface area contributed by atoms with Crippen molar-refractivity contribution in [1.29, 1.82) is 0 Å². The van der Waals surface area contributed by atoms with E-state index in [1.165, 1.54) is 18.2 Å². The zero-order valence-electron chi connectivity index (χ0n) is 12.0. The quantitative estimate of drug-likeness (QED) is 0.788. The van der Waals surface area contributed by atoms with Crippen LogP contribution in [0.2, 0.25) is 15.1 Å². The normalized spacial score (nSPS) is 10.3. The number of halogens is 3. The minimum absolute atomic E-state index is 0.209. The number of amides is 1. The highest BCUT2D eigenvalue weighted by atomic mass is 35.5. The van der Waals surface area contributed by atoms with Crippen LogP contribution >= 0.6 is 34.8 Å². The third-order valence-corrected chi connectivity index (χ3v) is 3.94. The van der Waals surface area contributed by atoms with Gasteiger partial charge >= 0.3 is 5.97 Å². The van der Waals surface area contributed by atoms with E-state index >= 15 is 0 Å². The monoisotopic (exact) mass is 371 g/mol. The lowest BCUT2D eigenvalue weighted by Gasteiger charge is -2.09. The van der Waals surface area contributed by atoms with Crippen LogP contribution in [0.3, 0.4) is 0 Å². The zero-order valence-corrected chi connectivity index (χ0v) is 14.3. The summed E-state index contributed by atoms with van der Waals surface area (Å²) in [6, 6.07) is 9.53. The highest BCUT2D eigenvalue weighted by molar-refractivity contribution is 6.42. The van der Waals surface area contributed by atoms with Crippen LogP contribution in [0.4, 0.5) is 5.69 Å². The molecular formula is C16H12Cl3NO3. The molecular weight excluding hydrogens is 361 g/mol. The first kappa shape index (κ1) is 17.6. The van der Waals surface area contributed by atoms with E-state index < -0.39 is 18.5 Å². The third kappa shape index (κ3) is 4.86. The molecule has 0 aromatic heterocycles. The van der Waals surface area contributed by atoms with Crippen LogP contribution in [0.25, 0.3) is 0 Å². The number of carbonyl (C=O) groups is 2. The van der Waals surface area contributed by atoms with Crippen molar-refractivity contribution < 1.29 is 14.3 Å². The van der Waals surface area contributed by atoms with Crippen molar-refractivity contribution in [3.8, 4) is 0 Å². The molecule has 0 unspecified atom stereocenters. The molecule has 0 saturated carbocycles. The number of esters is 1. The van der Waals surface area contributed by atoms with E-state index in [2.05, 4.69) is 5.32 Å². The minimum atomic E-state index is -0.672. The Balaban J connectivity index is 1.93. The van der Waals surface area contributed by atoms with E-state index in [4.69, 9.17) is 39.5 Å². The molecule has 2 rings (SSSR count). The van der Waals surface area contributed by atoms with Gasteiger partial charge in [-0.25, -0.2) is 4.79 Å². The van der Waals surface area contributed by atoms with Crippen molar-refractivity contribution in [3.63, 3.8) is 0 Å². The first-order valence-corrected chi connectivity index (χ1v) is 7.68. The van der Waals surface area contributed by atoms with Crippen LogP contribution in [-0.2, 0) is 9.53 Å². The third-order valence-electron chi connectivity index (χ3n) is 2.89. The Bertz CT molecular complexity index is 762. The number of hydrogen-bond donors (Lipinski definition) is 1. The lowest BCUT2D eigenvalue weighted by molar-refractivity contribution is -0.119. The molecule has 2 aromatic rings. The maximum absolute atomic E-state index is 11.8. The van der Waals surface area contributed by atoms with Crippen LogP contribution in [0.1, 0.15) is 15.9 Å². The topological polar surface area (TPSA) is 55.4 Å². The summed E-state index contributed by atoms with van der Waals surface area (Å²) in [5, 5.41) is 3.54. The van der Waals surface area contributed by atoms with Crippen molar-refractivity contribution >= 4 is 52.4 Å². The largest absolute Gasteiger partial charge is 0.452 e. The highest BCUT2D eigenvalue weighted by Crippen LogP contribution is 2.24. The summed E-state index contributed by atoms with van der Waals surface area (Å²) >= 11 is 17.6. The van der Waals surface area contributed by atoms with Crippen LogP contribution in [0.15, 0.2) is 36.4 Å². The average Bonchev–Trinajstić information content (AvgIpc) is 2.50. The van der Waals surface area contributed by atoms with Gasteiger partial charge in [0.15, 0.2) is 6.61 Å². The van der Waals surface area contributed by atoms with E-state index in [1.807, 2.05) is 13.0 Å². The molecule has 0 bridgehead atoms. The number of aryl methyl sites for hydroxylation is 1. The molecule has 0 radical (unpaired) electrons. The van der Waals surface area contributed by atoms with Gasteiger partial charge in [0.1, 0.15) is 0 Å². The Morgan fingerprint density at radius 3 is 2.39 bits per heavy atom. The second kappa shape index (κ2) is 7.68. The molecule has 0 heterocycles. The fourth-order valence-corrected chi connectivity index (χ4v) is 2.33. The Hall–Kier alpha value is -1.75. The summed E-state index contributed by atoms with van der Waals surface area (Å²) in [5.74, 6) is -1.17. The number of carbonyl (C=O) groups excluding carboxylic acids is 2. The molecule has 0 aliphatic rings. The molecule has 1 N–H and O–H groups in total. The summed E-state index contributed by atoms with van der Waals surface area (Å²) in [4.78, 5) is 23.7. The fraction of sp³-hybridized carbons (Fsp3) is 0.125. The Morgan fingerprint density at radius 2 is 1.74 bits per heavy atom. The predicted molar refractivity (Wildman–Crippen MR) is 91.6 cm³/mol. The second-order valence-electron chi connectivity index (χ2n) is 4.74. The first-order chi connectivity index (χ1) is 10.9. The van der Waals surface area contributed by atoms with E-state index in [9.17, 15) is 9.59 Å². The van der Waals surface area contributed by atoms with Crippen LogP contribution < -0.4 is 5.32 Å². The van der Waals surface area contributed by atoms with Crippen LogP contribution in [-0.4, -0.2) is 18.5 Å². The van der Waals surface area contributed by atoms with Gasteiger partial charge in [0.2, 0.25) is 0 Å². The SMILES string of the molecule is Cc1ccc(NC(=O)COC(=O)c2ccc(Cl)c(Cl)c2)c(Cl)c1. The van der Waals surface area contributed by atoms with Crippen LogP contribution in [0, 0.1) is 6.92 Å². The van der Waals surface area contributed by atoms with Gasteiger partial charge in [-0.1, -0.05) is 40.9 Å². The number of nitrogens with one attached hydrogen (secondary N) is 1. The summed E-state index contributed by atoms with van der Waals surface area (Å²) in [7, 11) is 0. The van der Waals surface area contributed by atoms with Crippen molar-refractivity contribution in [3.05, 3.63) is 62.6 Å². The highest BCUT2D eigenvalue weighted by Gasteiger charge is 2.13. The van der Waals surface area contributed by atoms with Gasteiger partial charge in [-0.2, -0.15) is 0 Å². The van der Waals surface area contributed by atoms with Crippen molar-refractivity contribution in [2.75, 3.05) is 11.9 Å². The van der Waals surface area contributed by atoms with Crippen molar-refractivity contribution in [2.45, 2.75) is 6.92 Å². The van der Waals surface area contributed by atoms with Gasteiger partial charge in [-0.05, 0) is 42.8 Å². The van der Waals surface area contributed by atoms with Gasteiger partial charge in [0, 0.05) is 0 Å². The van der Waals surface area contributed by atoms with Crippen molar-refractivity contribution in [2.24, 2.45) is 0 Å². The smallest absolute Gasteiger partial charge is 0.338 e. The average molecular weight is 373 g/mol. The lowest BCUT2D eigenvalue weighted by Crippen LogP contribution is -2.21. The summed E-state index contributed by atoms with van der Waals surface area (Å²) in [6.07, 6.45) is 0. The molecule has 4 nitrogen and oxygen atoms in total. The summed E-state index contributed by atoms with van der Waals surface area (Å²) in [5.41, 5.74) is 1.63. The lowest BCUT2D eigenvalue weighted by atomic mass is 10.2. The van der Waals surface area contributed by atoms with Gasteiger partial charge in [-0.15, -0.1) is 0 Å². The van der Waals surface area contributed by atoms with E-state index in [1.54, 1.807) is 12.1 Å². The molecule has 7 heteroatoms. The second-order valence-corrected chi connectivity index (χ2v) is 5.96. The molecule has 0 saturated heterocycles. The number of anilines is 1. The van der Waals surface area contributed by atoms with Gasteiger partial charge < -0.3 is 10.1 Å². The Kier molecular flexibility index (Phi) is 5.88. The molecule has 0 atom stereocenters. The molecule has 0 fully saturated rings. The summed E-state index contributed by atoms with van der Waals surface area (Å²) < 4.78 is 4.92. The van der Waals surface area contributed by atoms with E-state index in [0.29, 0.717) is 15.7 Å². The molecule has 1 amide bonds. The van der Waals surface area contributed by atoms with Crippen LogP contribution in [0.5, 0.6) is 0 Å². The standard InChI is InChI=1S/C16H12Cl3NO3/c1-9-2-5-14(13(19)6-9)20-15(21)8-23-16(22)10-3-4-11(17)12(18)7-10/h2-7H,8H2,1H3,(H,20,21). The minimum Gasteiger partial charge on any atom is -0.452 e. The van der Waals surface area contributed by atoms with Gasteiger partial charge in [0.25, 0.3) is 5.91 Å². The molecule has 120 valence electrons. The zero-order chi connectivity index (χ0) is 17.0. The molecule has 0 spiro atoms. The summed E-state index contributed by atoms with van der Waals surface area (Å²) in [6.45, 7) is 1.44. The molecule has 0 aliphatic carbocycles. The number of rotatable bonds is 4. The Labute approximate surface area is 148 Å². The first-order valence-electron chi connectivity index (χ1n) is 6.55. The number of ether oxygens (including phenoxy) is 1. The predicted octanol–water partition coefficient (Wildman–Crippen LogP) is 4.75. The molecule has 23 heavy (non-hydrogen) atoms. The van der Waals surface area contributed by atoms with E-state index in [-0.39, 0.29) is 10.6 Å². The fourth-order valence-electron chi connectivity index (χ4n) is 1.75. The maximum atomic E-state index is 11.8. The van der Waals surface area contributed by atoms with Gasteiger partial charge in [-0.3, -0.25) is 4.79 Å². The molecule has 0 aliphatic heterocycles. The number of benzene rings is 2. The number of hydrogen-bond acceptors (Lipinski definition) is 3. The molecule has 2 aromatic carbocycles. The van der Waals surface area contributed by atoms with E-state index in [0.717, 1.165) is 5.56 Å². The maximum Gasteiger partial charge on any atom is 0.338 e. The van der Waals surface area contributed by atoms with Crippen molar-refractivity contribution in [1.82, 2.24) is 0 Å².